The van der Waals surface area contributed by atoms with E-state index in [0.717, 1.165) is 22.4 Å². The van der Waals surface area contributed by atoms with E-state index in [1.54, 1.807) is 6.07 Å². The predicted molar refractivity (Wildman–Crippen MR) is 110 cm³/mol. The first-order chi connectivity index (χ1) is 13.1. The number of aliphatic hydroxyl groups is 1. The second-order valence-electron chi connectivity index (χ2n) is 6.19. The number of hydrogen-bond donors (Lipinski definition) is 2. The molecule has 3 aromatic carbocycles. The van der Waals surface area contributed by atoms with Crippen molar-refractivity contribution in [2.75, 3.05) is 6.54 Å². The molecule has 0 heterocycles. The molecule has 2 N–H and O–H groups in total. The molecule has 0 amide bonds. The Morgan fingerprint density at radius 3 is 2.41 bits per heavy atom. The third-order valence-corrected chi connectivity index (χ3v) is 4.80. The van der Waals surface area contributed by atoms with Gasteiger partial charge in [0.25, 0.3) is 0 Å². The largest absolute Gasteiger partial charge is 0.489 e. The van der Waals surface area contributed by atoms with Crippen molar-refractivity contribution in [1.82, 2.24) is 5.32 Å². The summed E-state index contributed by atoms with van der Waals surface area (Å²) in [5.41, 5.74) is 2.73. The monoisotopic (exact) mass is 401 g/mol. The van der Waals surface area contributed by atoms with Crippen LogP contribution in [-0.2, 0) is 13.2 Å². The molecule has 27 heavy (non-hydrogen) atoms. The fourth-order valence-corrected chi connectivity index (χ4v) is 3.12. The Kier molecular flexibility index (Phi) is 7.13. The predicted octanol–water partition coefficient (Wildman–Crippen LogP) is 5.40. The van der Waals surface area contributed by atoms with Gasteiger partial charge in [0.1, 0.15) is 12.4 Å². The average Bonchev–Trinajstić information content (AvgIpc) is 2.69. The molecule has 1 atom stereocenters. The number of hydrogen-bond acceptors (Lipinski definition) is 3. The van der Waals surface area contributed by atoms with Crippen LogP contribution in [0.5, 0.6) is 5.75 Å². The molecule has 0 bridgehead atoms. The van der Waals surface area contributed by atoms with E-state index in [2.05, 4.69) is 5.32 Å². The molecule has 0 aliphatic carbocycles. The van der Waals surface area contributed by atoms with Crippen LogP contribution >= 0.6 is 23.2 Å². The standard InChI is InChI=1S/C22H21Cl2NO2/c23-19-10-11-22(27-15-17-8-4-5-9-20(17)24)18(12-19)13-25-14-21(26)16-6-2-1-3-7-16/h1-12,21,25-26H,13-15H2. The molecule has 3 aromatic rings. The van der Waals surface area contributed by atoms with Gasteiger partial charge < -0.3 is 15.2 Å². The first-order valence-corrected chi connectivity index (χ1v) is 9.47. The maximum absolute atomic E-state index is 10.3. The van der Waals surface area contributed by atoms with E-state index in [-0.39, 0.29) is 0 Å². The lowest BCUT2D eigenvalue weighted by atomic mass is 10.1. The van der Waals surface area contributed by atoms with Gasteiger partial charge in [0.05, 0.1) is 6.10 Å². The topological polar surface area (TPSA) is 41.5 Å². The quantitative estimate of drug-likeness (QED) is 0.531. The van der Waals surface area contributed by atoms with E-state index in [0.29, 0.717) is 29.7 Å². The summed E-state index contributed by atoms with van der Waals surface area (Å²) < 4.78 is 5.96. The van der Waals surface area contributed by atoms with Crippen molar-refractivity contribution in [2.24, 2.45) is 0 Å². The van der Waals surface area contributed by atoms with E-state index < -0.39 is 6.10 Å². The zero-order valence-corrected chi connectivity index (χ0v) is 16.3. The summed E-state index contributed by atoms with van der Waals surface area (Å²) in [6.45, 7) is 1.34. The molecule has 0 fully saturated rings. The molecule has 0 aliphatic heterocycles. The van der Waals surface area contributed by atoms with Crippen molar-refractivity contribution in [1.29, 1.82) is 0 Å². The SMILES string of the molecule is OC(CNCc1cc(Cl)ccc1OCc1ccccc1Cl)c1ccccc1. The van der Waals surface area contributed by atoms with E-state index >= 15 is 0 Å². The highest BCUT2D eigenvalue weighted by atomic mass is 35.5. The van der Waals surface area contributed by atoms with Crippen LogP contribution in [0.3, 0.4) is 0 Å². The third-order valence-electron chi connectivity index (χ3n) is 4.20. The summed E-state index contributed by atoms with van der Waals surface area (Å²) in [6, 6.07) is 22.7. The summed E-state index contributed by atoms with van der Waals surface area (Å²) in [5, 5.41) is 14.9. The summed E-state index contributed by atoms with van der Waals surface area (Å²) in [5.74, 6) is 0.737. The van der Waals surface area contributed by atoms with E-state index in [1.807, 2.05) is 66.7 Å². The Balaban J connectivity index is 1.61. The Hall–Kier alpha value is -2.04. The molecule has 0 radical (unpaired) electrons. The van der Waals surface area contributed by atoms with Gasteiger partial charge >= 0.3 is 0 Å². The Labute approximate surface area is 169 Å². The Morgan fingerprint density at radius 1 is 0.889 bits per heavy atom. The molecule has 5 heteroatoms. The first-order valence-electron chi connectivity index (χ1n) is 8.72. The zero-order chi connectivity index (χ0) is 19.1. The van der Waals surface area contributed by atoms with Crippen LogP contribution in [0.15, 0.2) is 72.8 Å². The molecule has 0 aliphatic rings. The second-order valence-corrected chi connectivity index (χ2v) is 7.03. The van der Waals surface area contributed by atoms with Crippen molar-refractivity contribution in [2.45, 2.75) is 19.3 Å². The Morgan fingerprint density at radius 2 is 1.63 bits per heavy atom. The normalized spacial score (nSPS) is 12.0. The summed E-state index contributed by atoms with van der Waals surface area (Å²) in [7, 11) is 0. The Bertz CT molecular complexity index is 871. The van der Waals surface area contributed by atoms with E-state index in [9.17, 15) is 5.11 Å². The number of aliphatic hydroxyl groups excluding tert-OH is 1. The van der Waals surface area contributed by atoms with Crippen LogP contribution in [0.2, 0.25) is 10.0 Å². The first kappa shape index (κ1) is 19.7. The molecule has 1 unspecified atom stereocenters. The minimum Gasteiger partial charge on any atom is -0.489 e. The minimum atomic E-state index is -0.571. The van der Waals surface area contributed by atoms with Gasteiger partial charge in [-0.2, -0.15) is 0 Å². The van der Waals surface area contributed by atoms with Crippen LogP contribution in [0.25, 0.3) is 0 Å². The molecule has 0 spiro atoms. The van der Waals surface area contributed by atoms with Crippen molar-refractivity contribution in [3.8, 4) is 5.75 Å². The maximum Gasteiger partial charge on any atom is 0.124 e. The molecule has 0 aromatic heterocycles. The average molecular weight is 402 g/mol. The van der Waals surface area contributed by atoms with Gasteiger partial charge in [-0.25, -0.2) is 0 Å². The number of halogens is 2. The zero-order valence-electron chi connectivity index (χ0n) is 14.7. The molecule has 140 valence electrons. The lowest BCUT2D eigenvalue weighted by molar-refractivity contribution is 0.174. The molecule has 0 saturated heterocycles. The van der Waals surface area contributed by atoms with Gasteiger partial charge in [-0.3, -0.25) is 0 Å². The maximum atomic E-state index is 10.3. The van der Waals surface area contributed by atoms with Gasteiger partial charge in [0, 0.05) is 34.3 Å². The fourth-order valence-electron chi connectivity index (χ4n) is 2.73. The van der Waals surface area contributed by atoms with Crippen molar-refractivity contribution in [3.63, 3.8) is 0 Å². The van der Waals surface area contributed by atoms with E-state index in [4.69, 9.17) is 27.9 Å². The van der Waals surface area contributed by atoms with E-state index in [1.165, 1.54) is 0 Å². The lowest BCUT2D eigenvalue weighted by Crippen LogP contribution is -2.21. The summed E-state index contributed by atoms with van der Waals surface area (Å²) in [4.78, 5) is 0. The van der Waals surface area contributed by atoms with Gasteiger partial charge in [0.2, 0.25) is 0 Å². The highest BCUT2D eigenvalue weighted by molar-refractivity contribution is 6.31. The summed E-state index contributed by atoms with van der Waals surface area (Å²) in [6.07, 6.45) is -0.571. The van der Waals surface area contributed by atoms with Crippen LogP contribution in [0, 0.1) is 0 Å². The van der Waals surface area contributed by atoms with Crippen LogP contribution in [-0.4, -0.2) is 11.7 Å². The highest BCUT2D eigenvalue weighted by Crippen LogP contribution is 2.25. The van der Waals surface area contributed by atoms with Gasteiger partial charge in [-0.05, 0) is 29.8 Å². The number of rotatable bonds is 8. The molecule has 3 rings (SSSR count). The van der Waals surface area contributed by atoms with Gasteiger partial charge in [-0.15, -0.1) is 0 Å². The van der Waals surface area contributed by atoms with Crippen LogP contribution in [0.4, 0.5) is 0 Å². The molecule has 3 nitrogen and oxygen atoms in total. The highest BCUT2D eigenvalue weighted by Gasteiger charge is 2.09. The number of ether oxygens (including phenoxy) is 1. The van der Waals surface area contributed by atoms with Crippen molar-refractivity contribution >= 4 is 23.2 Å². The smallest absolute Gasteiger partial charge is 0.124 e. The van der Waals surface area contributed by atoms with Gasteiger partial charge in [-0.1, -0.05) is 71.7 Å². The molecular weight excluding hydrogens is 381 g/mol. The van der Waals surface area contributed by atoms with Crippen molar-refractivity contribution < 1.29 is 9.84 Å². The minimum absolute atomic E-state index is 0.376. The summed E-state index contributed by atoms with van der Waals surface area (Å²) >= 11 is 12.3. The fraction of sp³-hybridized carbons (Fsp3) is 0.182. The van der Waals surface area contributed by atoms with Crippen LogP contribution in [0.1, 0.15) is 22.8 Å². The number of nitrogens with one attached hydrogen (secondary N) is 1. The second kappa shape index (κ2) is 9.77. The molecular formula is C22H21Cl2NO2. The third kappa shape index (κ3) is 5.72. The molecule has 0 saturated carbocycles. The lowest BCUT2D eigenvalue weighted by Gasteiger charge is -2.15. The van der Waals surface area contributed by atoms with Gasteiger partial charge in [0.15, 0.2) is 0 Å². The van der Waals surface area contributed by atoms with Crippen molar-refractivity contribution in [3.05, 3.63) is 99.5 Å². The van der Waals surface area contributed by atoms with Crippen LogP contribution < -0.4 is 10.1 Å². The number of benzene rings is 3.